The summed E-state index contributed by atoms with van der Waals surface area (Å²) in [6.07, 6.45) is 6.14. The second-order valence-electron chi connectivity index (χ2n) is 5.01. The van der Waals surface area contributed by atoms with Crippen LogP contribution in [0.25, 0.3) is 0 Å². The lowest BCUT2D eigenvalue weighted by atomic mass is 10.1. The lowest BCUT2D eigenvalue weighted by Gasteiger charge is -2.24. The first-order valence-electron chi connectivity index (χ1n) is 7.02. The molecule has 0 aliphatic carbocycles. The van der Waals surface area contributed by atoms with Gasteiger partial charge in [-0.25, -0.2) is 0 Å². The summed E-state index contributed by atoms with van der Waals surface area (Å²) in [5.41, 5.74) is 6.41. The van der Waals surface area contributed by atoms with E-state index in [1.165, 1.54) is 19.3 Å². The number of carbonyl (C=O) groups excluding carboxylic acids is 1. The van der Waals surface area contributed by atoms with Gasteiger partial charge in [0, 0.05) is 23.7 Å². The number of nitrogen functional groups attached to an aromatic ring is 1. The van der Waals surface area contributed by atoms with Gasteiger partial charge in [0.15, 0.2) is 0 Å². The Kier molecular flexibility index (Phi) is 5.58. The molecule has 0 bridgehead atoms. The zero-order chi connectivity index (χ0) is 13.5. The first kappa shape index (κ1) is 14.3. The molecule has 1 aromatic carbocycles. The molecular weight excluding hydrogens is 256 g/mol. The molecular formula is C15H22N2OS. The number of hydrogen-bond acceptors (Lipinski definition) is 3. The third-order valence-corrected chi connectivity index (χ3v) is 4.45. The van der Waals surface area contributed by atoms with E-state index in [1.54, 1.807) is 11.8 Å². The van der Waals surface area contributed by atoms with Gasteiger partial charge >= 0.3 is 0 Å². The van der Waals surface area contributed by atoms with E-state index in [0.717, 1.165) is 36.5 Å². The highest BCUT2D eigenvalue weighted by atomic mass is 32.2. The van der Waals surface area contributed by atoms with Crippen LogP contribution in [0.15, 0.2) is 29.2 Å². The predicted molar refractivity (Wildman–Crippen MR) is 81.2 cm³/mol. The molecule has 104 valence electrons. The Morgan fingerprint density at radius 3 is 2.26 bits per heavy atom. The number of nitrogens with two attached hydrogens (primary N) is 1. The molecule has 4 heteroatoms. The second kappa shape index (κ2) is 7.43. The lowest BCUT2D eigenvalue weighted by molar-refractivity contribution is -0.128. The molecule has 19 heavy (non-hydrogen) atoms. The Bertz CT molecular complexity index is 397. The minimum atomic E-state index is 0.267. The zero-order valence-electron chi connectivity index (χ0n) is 11.3. The summed E-state index contributed by atoms with van der Waals surface area (Å²) < 4.78 is 0. The van der Waals surface area contributed by atoms with Crippen LogP contribution in [0.2, 0.25) is 0 Å². The average molecular weight is 278 g/mol. The van der Waals surface area contributed by atoms with Gasteiger partial charge in [-0.15, -0.1) is 11.8 Å². The summed E-state index contributed by atoms with van der Waals surface area (Å²) in [4.78, 5) is 15.3. The molecule has 1 saturated heterocycles. The maximum atomic E-state index is 12.2. The third-order valence-electron chi connectivity index (χ3n) is 3.45. The van der Waals surface area contributed by atoms with Gasteiger partial charge < -0.3 is 10.6 Å². The van der Waals surface area contributed by atoms with E-state index in [2.05, 4.69) is 0 Å². The lowest BCUT2D eigenvalue weighted by Crippen LogP contribution is -2.35. The summed E-state index contributed by atoms with van der Waals surface area (Å²) in [7, 11) is 0. The fraction of sp³-hybridized carbons (Fsp3) is 0.533. The molecule has 2 rings (SSSR count). The maximum Gasteiger partial charge on any atom is 0.232 e. The van der Waals surface area contributed by atoms with Crippen molar-refractivity contribution in [3.8, 4) is 0 Å². The number of anilines is 1. The van der Waals surface area contributed by atoms with Crippen molar-refractivity contribution in [1.29, 1.82) is 0 Å². The topological polar surface area (TPSA) is 46.3 Å². The van der Waals surface area contributed by atoms with E-state index in [1.807, 2.05) is 29.2 Å². The van der Waals surface area contributed by atoms with Crippen LogP contribution >= 0.6 is 11.8 Å². The Hall–Kier alpha value is -1.16. The van der Waals surface area contributed by atoms with E-state index in [9.17, 15) is 4.79 Å². The summed E-state index contributed by atoms with van der Waals surface area (Å²) in [5.74, 6) is 0.799. The van der Waals surface area contributed by atoms with Gasteiger partial charge in [0.25, 0.3) is 0 Å². The third kappa shape index (κ3) is 4.78. The van der Waals surface area contributed by atoms with Crippen molar-refractivity contribution in [3.63, 3.8) is 0 Å². The molecule has 1 aliphatic heterocycles. The quantitative estimate of drug-likeness (QED) is 0.682. The van der Waals surface area contributed by atoms with E-state index in [0.29, 0.717) is 5.75 Å². The molecule has 0 unspecified atom stereocenters. The molecule has 1 aromatic rings. The van der Waals surface area contributed by atoms with E-state index in [-0.39, 0.29) is 5.91 Å². The number of amides is 1. The van der Waals surface area contributed by atoms with Crippen molar-refractivity contribution in [2.45, 2.75) is 37.0 Å². The molecule has 0 aromatic heterocycles. The summed E-state index contributed by atoms with van der Waals surface area (Å²) in [6.45, 7) is 1.86. The normalized spacial score (nSPS) is 16.7. The number of thioether (sulfide) groups is 1. The average Bonchev–Trinajstić information content (AvgIpc) is 2.37. The van der Waals surface area contributed by atoms with Gasteiger partial charge in [0.05, 0.1) is 5.75 Å². The summed E-state index contributed by atoms with van der Waals surface area (Å²) in [6, 6.07) is 7.70. The highest BCUT2D eigenvalue weighted by Crippen LogP contribution is 2.20. The van der Waals surface area contributed by atoms with Crippen molar-refractivity contribution in [2.75, 3.05) is 24.6 Å². The maximum absolute atomic E-state index is 12.2. The summed E-state index contributed by atoms with van der Waals surface area (Å²) >= 11 is 1.60. The largest absolute Gasteiger partial charge is 0.399 e. The van der Waals surface area contributed by atoms with Gasteiger partial charge in [-0.05, 0) is 37.1 Å². The minimum Gasteiger partial charge on any atom is -0.399 e. The van der Waals surface area contributed by atoms with Crippen LogP contribution in [0, 0.1) is 0 Å². The van der Waals surface area contributed by atoms with Gasteiger partial charge in [0.2, 0.25) is 5.91 Å². The highest BCUT2D eigenvalue weighted by Gasteiger charge is 2.14. The van der Waals surface area contributed by atoms with E-state index >= 15 is 0 Å². The number of hydrogen-bond donors (Lipinski definition) is 1. The first-order valence-corrected chi connectivity index (χ1v) is 8.00. The van der Waals surface area contributed by atoms with Crippen molar-refractivity contribution in [2.24, 2.45) is 0 Å². The molecule has 1 aliphatic rings. The minimum absolute atomic E-state index is 0.267. The SMILES string of the molecule is Nc1ccc(SCC(=O)N2CCCCCCC2)cc1. The van der Waals surface area contributed by atoms with Crippen molar-refractivity contribution in [1.82, 2.24) is 4.90 Å². The van der Waals surface area contributed by atoms with Gasteiger partial charge in [0.1, 0.15) is 0 Å². The van der Waals surface area contributed by atoms with Crippen LogP contribution in [0.5, 0.6) is 0 Å². The molecule has 2 N–H and O–H groups in total. The fourth-order valence-electron chi connectivity index (χ4n) is 2.30. The van der Waals surface area contributed by atoms with Crippen LogP contribution in [0.4, 0.5) is 5.69 Å². The standard InChI is InChI=1S/C15H22N2OS/c16-13-6-8-14(9-7-13)19-12-15(18)17-10-4-2-1-3-5-11-17/h6-9H,1-5,10-12,16H2. The highest BCUT2D eigenvalue weighted by molar-refractivity contribution is 8.00. The Balaban J connectivity index is 1.80. The van der Waals surface area contributed by atoms with Gasteiger partial charge in [-0.3, -0.25) is 4.79 Å². The summed E-state index contributed by atoms with van der Waals surface area (Å²) in [5, 5.41) is 0. The Morgan fingerprint density at radius 2 is 1.63 bits per heavy atom. The van der Waals surface area contributed by atoms with Gasteiger partial charge in [-0.1, -0.05) is 19.3 Å². The molecule has 0 radical (unpaired) electrons. The number of likely N-dealkylation sites (tertiary alicyclic amines) is 1. The number of benzene rings is 1. The molecule has 0 spiro atoms. The zero-order valence-corrected chi connectivity index (χ0v) is 12.1. The number of nitrogens with zero attached hydrogens (tertiary/aromatic N) is 1. The molecule has 1 fully saturated rings. The van der Waals surface area contributed by atoms with Crippen molar-refractivity contribution in [3.05, 3.63) is 24.3 Å². The smallest absolute Gasteiger partial charge is 0.232 e. The Labute approximate surface area is 119 Å². The van der Waals surface area contributed by atoms with Crippen LogP contribution < -0.4 is 5.73 Å². The Morgan fingerprint density at radius 1 is 1.05 bits per heavy atom. The molecule has 3 nitrogen and oxygen atoms in total. The monoisotopic (exact) mass is 278 g/mol. The van der Waals surface area contributed by atoms with Crippen LogP contribution in [0.3, 0.4) is 0 Å². The van der Waals surface area contributed by atoms with Gasteiger partial charge in [-0.2, -0.15) is 0 Å². The van der Waals surface area contributed by atoms with E-state index in [4.69, 9.17) is 5.73 Å². The molecule has 0 atom stereocenters. The molecule has 1 heterocycles. The van der Waals surface area contributed by atoms with Crippen molar-refractivity contribution < 1.29 is 4.79 Å². The fourth-order valence-corrected chi connectivity index (χ4v) is 3.10. The van der Waals surface area contributed by atoms with E-state index < -0.39 is 0 Å². The van der Waals surface area contributed by atoms with Crippen LogP contribution in [-0.2, 0) is 4.79 Å². The second-order valence-corrected chi connectivity index (χ2v) is 6.06. The van der Waals surface area contributed by atoms with Crippen LogP contribution in [0.1, 0.15) is 32.1 Å². The molecule has 1 amide bonds. The predicted octanol–water partition coefficient (Wildman–Crippen LogP) is 3.15. The number of carbonyl (C=O) groups is 1. The van der Waals surface area contributed by atoms with Crippen molar-refractivity contribution >= 4 is 23.4 Å². The number of rotatable bonds is 3. The molecule has 0 saturated carbocycles. The van der Waals surface area contributed by atoms with Crippen LogP contribution in [-0.4, -0.2) is 29.6 Å². The first-order chi connectivity index (χ1) is 9.25.